The second-order valence-corrected chi connectivity index (χ2v) is 20.0. The first kappa shape index (κ1) is 31.4. The Labute approximate surface area is 236 Å². The van der Waals surface area contributed by atoms with Crippen LogP contribution < -0.4 is 24.8 Å². The Kier molecular flexibility index (Phi) is 12.1. The molecule has 0 amide bonds. The number of rotatable bonds is 5. The molecular weight excluding hydrogens is 571 g/mol. The first-order valence-corrected chi connectivity index (χ1v) is 19.3. The van der Waals surface area contributed by atoms with Crippen molar-refractivity contribution in [1.82, 2.24) is 0 Å². The predicted octanol–water partition coefficient (Wildman–Crippen LogP) is 1.61. The van der Waals surface area contributed by atoms with Crippen molar-refractivity contribution < 1.29 is 53.5 Å². The third kappa shape index (κ3) is 6.98. The molecule has 0 bridgehead atoms. The molecule has 0 spiro atoms. The van der Waals surface area contributed by atoms with Crippen LogP contribution in [-0.2, 0) is 35.1 Å². The van der Waals surface area contributed by atoms with E-state index in [1.165, 1.54) is 42.0 Å². The van der Waals surface area contributed by atoms with Gasteiger partial charge in [0.1, 0.15) is 5.76 Å². The van der Waals surface area contributed by atoms with Gasteiger partial charge in [-0.1, -0.05) is 44.3 Å². The van der Waals surface area contributed by atoms with Gasteiger partial charge in [0.15, 0.2) is 0 Å². The molecule has 182 valence electrons. The molecule has 0 aliphatic heterocycles. The maximum Gasteiger partial charge on any atom is -1.00 e. The smallest absolute Gasteiger partial charge is 1.00 e. The van der Waals surface area contributed by atoms with E-state index < -0.39 is 17.1 Å². The Hall–Kier alpha value is -0.643. The molecule has 0 N–H and O–H groups in total. The minimum absolute atomic E-state index is 0. The van der Waals surface area contributed by atoms with Gasteiger partial charge in [-0.25, -0.2) is 0 Å². The van der Waals surface area contributed by atoms with Crippen LogP contribution in [0.25, 0.3) is 16.5 Å². The molecule has 0 fully saturated rings. The van der Waals surface area contributed by atoms with Gasteiger partial charge in [0.25, 0.3) is 0 Å². The van der Waals surface area contributed by atoms with Gasteiger partial charge in [0.05, 0.1) is 8.80 Å². The van der Waals surface area contributed by atoms with Crippen LogP contribution in [0.15, 0.2) is 59.8 Å². The van der Waals surface area contributed by atoms with Gasteiger partial charge in [-0.2, -0.15) is 6.07 Å². The predicted molar refractivity (Wildman–Crippen MR) is 144 cm³/mol. The summed E-state index contributed by atoms with van der Waals surface area (Å²) in [5, 5.41) is 4.33. The van der Waals surface area contributed by atoms with Gasteiger partial charge < -0.3 is 29.2 Å². The maximum atomic E-state index is 6.84. The summed E-state index contributed by atoms with van der Waals surface area (Å²) in [5.74, 6) is 1.59. The molecule has 6 heteroatoms. The zero-order valence-corrected chi connectivity index (χ0v) is 27.8. The Bertz CT molecular complexity index is 1150. The van der Waals surface area contributed by atoms with E-state index in [1.807, 2.05) is 0 Å². The number of hydrogen-bond acceptors (Lipinski definition) is 1. The third-order valence-corrected chi connectivity index (χ3v) is 8.39. The van der Waals surface area contributed by atoms with E-state index in [1.54, 1.807) is 29.4 Å². The van der Waals surface area contributed by atoms with Crippen LogP contribution in [0.4, 0.5) is 0 Å². The summed E-state index contributed by atoms with van der Waals surface area (Å²) in [4.78, 5) is 0. The van der Waals surface area contributed by atoms with Crippen molar-refractivity contribution in [3.05, 3.63) is 82.0 Å². The molecule has 3 aromatic rings. The van der Waals surface area contributed by atoms with Crippen LogP contribution in [0.3, 0.4) is 0 Å². The Balaban J connectivity index is 0.000000895. The molecule has 34 heavy (non-hydrogen) atoms. The van der Waals surface area contributed by atoms with Crippen LogP contribution >= 0.6 is 0 Å². The van der Waals surface area contributed by atoms with Gasteiger partial charge >= 0.3 is 41.3 Å². The van der Waals surface area contributed by atoms with E-state index >= 15 is 0 Å². The SMILES string of the molecule is CCc1cccc2c1C(O[Si](C)(C)C)=C([SiH](C)C)C2[c-]1ccc2ccccc21.C[C](C)=[Zr+2].[Cl-].[Cl-]. The molecule has 0 radical (unpaired) electrons. The van der Waals surface area contributed by atoms with E-state index in [0.29, 0.717) is 5.92 Å². The normalized spacial score (nSPS) is 14.7. The number of aryl methyl sites for hydroxylation is 1. The Morgan fingerprint density at radius 2 is 1.62 bits per heavy atom. The van der Waals surface area contributed by atoms with Gasteiger partial charge in [-0.3, -0.25) is 0 Å². The van der Waals surface area contributed by atoms with Crippen molar-refractivity contribution in [2.45, 2.75) is 65.8 Å². The molecule has 1 nitrogen and oxygen atoms in total. The number of allylic oxidation sites excluding steroid dienone is 1. The summed E-state index contributed by atoms with van der Waals surface area (Å²) in [5.41, 5.74) is 5.74. The van der Waals surface area contributed by atoms with Gasteiger partial charge in [0.2, 0.25) is 8.32 Å². The largest absolute Gasteiger partial charge is 1.00 e. The summed E-state index contributed by atoms with van der Waals surface area (Å²) in [7, 11) is -2.81. The van der Waals surface area contributed by atoms with E-state index in [0.717, 1.165) is 6.42 Å². The van der Waals surface area contributed by atoms with Crippen molar-refractivity contribution in [2.24, 2.45) is 0 Å². The average Bonchev–Trinajstić information content (AvgIpc) is 3.25. The fraction of sp³-hybridized carbons (Fsp3) is 0.357. The van der Waals surface area contributed by atoms with Crippen molar-refractivity contribution in [3.63, 3.8) is 0 Å². The number of benzene rings is 2. The average molecular weight is 608 g/mol. The molecule has 0 aromatic heterocycles. The number of fused-ring (bicyclic) bond motifs is 2. The molecule has 4 rings (SSSR count). The van der Waals surface area contributed by atoms with Gasteiger partial charge in [-0.15, -0.1) is 40.6 Å². The molecule has 0 saturated heterocycles. The summed E-state index contributed by atoms with van der Waals surface area (Å²) >= 11 is 1.55. The van der Waals surface area contributed by atoms with Gasteiger partial charge in [0, 0.05) is 5.56 Å². The summed E-state index contributed by atoms with van der Waals surface area (Å²) in [6.45, 7) is 18.3. The second-order valence-electron chi connectivity index (χ2n) is 10.2. The van der Waals surface area contributed by atoms with Crippen molar-refractivity contribution >= 4 is 36.9 Å². The molecule has 0 heterocycles. The third-order valence-electron chi connectivity index (χ3n) is 5.73. The number of halogens is 2. The van der Waals surface area contributed by atoms with Crippen molar-refractivity contribution in [1.29, 1.82) is 0 Å². The Morgan fingerprint density at radius 3 is 2.18 bits per heavy atom. The molecule has 1 atom stereocenters. The molecule has 0 saturated carbocycles. The molecule has 3 aromatic carbocycles. The van der Waals surface area contributed by atoms with Crippen LogP contribution in [-0.4, -0.2) is 20.3 Å². The Morgan fingerprint density at radius 1 is 1.00 bits per heavy atom. The quantitative estimate of drug-likeness (QED) is 0.317. The standard InChI is InChI=1S/C25H31OSi2.C3H6.2ClH.Zr/c1-7-17-12-10-14-21-22(17)24(26-28(4,5)6)25(27(2)3)23(21)20-16-15-18-11-8-9-13-19(18)20;1-3-2;;;/h8-16,23,27H,7H2,1-6H3;1-2H3;2*1H;/q-1;;;;+2/p-2. The van der Waals surface area contributed by atoms with Gasteiger partial charge in [-0.05, 0) is 48.3 Å². The number of hydrogen-bond donors (Lipinski definition) is 0. The van der Waals surface area contributed by atoms with Crippen molar-refractivity contribution in [2.75, 3.05) is 0 Å². The zero-order chi connectivity index (χ0) is 23.6. The topological polar surface area (TPSA) is 9.23 Å². The summed E-state index contributed by atoms with van der Waals surface area (Å²) in [6.07, 6.45) is 1.04. The molecule has 1 aliphatic rings. The van der Waals surface area contributed by atoms with E-state index in [-0.39, 0.29) is 24.8 Å². The van der Waals surface area contributed by atoms with Crippen LogP contribution in [0.2, 0.25) is 32.7 Å². The van der Waals surface area contributed by atoms with E-state index in [4.69, 9.17) is 4.43 Å². The minimum Gasteiger partial charge on any atom is -1.00 e. The first-order chi connectivity index (χ1) is 15.0. The summed E-state index contributed by atoms with van der Waals surface area (Å²) < 4.78 is 8.34. The fourth-order valence-electron chi connectivity index (χ4n) is 4.65. The molecule has 1 unspecified atom stereocenters. The van der Waals surface area contributed by atoms with Crippen molar-refractivity contribution in [3.8, 4) is 0 Å². The second kappa shape index (κ2) is 13.1. The minimum atomic E-state index is -1.72. The zero-order valence-electron chi connectivity index (χ0n) is 21.7. The first-order valence-electron chi connectivity index (χ1n) is 11.8. The summed E-state index contributed by atoms with van der Waals surface area (Å²) in [6, 6.07) is 20.3. The van der Waals surface area contributed by atoms with E-state index in [2.05, 4.69) is 108 Å². The van der Waals surface area contributed by atoms with Crippen LogP contribution in [0, 0.1) is 0 Å². The molecular formula is C28H37Cl2OSi2Zr-. The maximum absolute atomic E-state index is 6.84. The monoisotopic (exact) mass is 605 g/mol. The van der Waals surface area contributed by atoms with Crippen LogP contribution in [0.1, 0.15) is 48.9 Å². The fourth-order valence-corrected chi connectivity index (χ4v) is 7.35. The molecule has 1 aliphatic carbocycles. The van der Waals surface area contributed by atoms with E-state index in [9.17, 15) is 0 Å². The van der Waals surface area contributed by atoms with Crippen LogP contribution in [0.5, 0.6) is 0 Å².